The van der Waals surface area contributed by atoms with Gasteiger partial charge >= 0.3 is 12.0 Å². The quantitative estimate of drug-likeness (QED) is 0.477. The van der Waals surface area contributed by atoms with E-state index in [0.717, 1.165) is 31.5 Å². The van der Waals surface area contributed by atoms with Crippen LogP contribution in [0.3, 0.4) is 0 Å². The topological polar surface area (TPSA) is 70.7 Å². The summed E-state index contributed by atoms with van der Waals surface area (Å²) < 4.78 is 18.1. The van der Waals surface area contributed by atoms with Gasteiger partial charge in [0.1, 0.15) is 5.82 Å². The lowest BCUT2D eigenvalue weighted by Gasteiger charge is -2.20. The maximum atomic E-state index is 13.2. The fourth-order valence-electron chi connectivity index (χ4n) is 3.66. The van der Waals surface area contributed by atoms with Gasteiger partial charge in [0.25, 0.3) is 0 Å². The van der Waals surface area contributed by atoms with Gasteiger partial charge in [0, 0.05) is 31.0 Å². The largest absolute Gasteiger partial charge is 0.462 e. The summed E-state index contributed by atoms with van der Waals surface area (Å²) in [5.41, 5.74) is 4.43. The number of anilines is 1. The van der Waals surface area contributed by atoms with Crippen molar-refractivity contribution in [1.82, 2.24) is 10.2 Å². The molecule has 1 heterocycles. The van der Waals surface area contributed by atoms with Crippen LogP contribution in [0, 0.1) is 5.82 Å². The predicted molar refractivity (Wildman–Crippen MR) is 119 cm³/mol. The minimum Gasteiger partial charge on any atom is -0.462 e. The van der Waals surface area contributed by atoms with E-state index in [2.05, 4.69) is 22.5 Å². The van der Waals surface area contributed by atoms with Crippen LogP contribution in [-0.2, 0) is 4.74 Å². The molecule has 0 unspecified atom stereocenters. The highest BCUT2D eigenvalue weighted by atomic mass is 19.1. The van der Waals surface area contributed by atoms with E-state index in [1.807, 2.05) is 12.1 Å². The molecule has 3 rings (SSSR count). The number of benzene rings is 2. The van der Waals surface area contributed by atoms with E-state index in [1.54, 1.807) is 31.2 Å². The fraction of sp³-hybridized carbons (Fsp3) is 0.333. The van der Waals surface area contributed by atoms with Crippen LogP contribution in [-0.4, -0.2) is 43.1 Å². The Kier molecular flexibility index (Phi) is 7.65. The van der Waals surface area contributed by atoms with Gasteiger partial charge in [0.05, 0.1) is 12.2 Å². The molecule has 6 nitrogen and oxygen atoms in total. The van der Waals surface area contributed by atoms with E-state index in [0.29, 0.717) is 24.4 Å². The van der Waals surface area contributed by atoms with Gasteiger partial charge < -0.3 is 20.3 Å². The zero-order chi connectivity index (χ0) is 22.2. The number of amides is 2. The van der Waals surface area contributed by atoms with Crippen LogP contribution in [0.2, 0.25) is 0 Å². The monoisotopic (exact) mass is 425 g/mol. The summed E-state index contributed by atoms with van der Waals surface area (Å²) in [5, 5.41) is 5.58. The van der Waals surface area contributed by atoms with Crippen molar-refractivity contribution >= 4 is 23.3 Å². The molecule has 1 aliphatic rings. The minimum atomic E-state index is -0.416. The summed E-state index contributed by atoms with van der Waals surface area (Å²) in [6.45, 7) is 6.41. The molecule has 2 N–H and O–H groups in total. The van der Waals surface area contributed by atoms with Crippen molar-refractivity contribution in [3.8, 4) is 0 Å². The number of halogens is 1. The van der Waals surface area contributed by atoms with Crippen molar-refractivity contribution in [3.63, 3.8) is 0 Å². The number of allylic oxidation sites excluding steroid dienone is 1. The molecule has 0 bridgehead atoms. The van der Waals surface area contributed by atoms with Crippen LogP contribution in [0.1, 0.15) is 42.6 Å². The molecule has 2 aromatic rings. The van der Waals surface area contributed by atoms with Crippen molar-refractivity contribution in [2.24, 2.45) is 0 Å². The van der Waals surface area contributed by atoms with E-state index in [1.165, 1.54) is 23.4 Å². The molecule has 0 atom stereocenters. The van der Waals surface area contributed by atoms with Gasteiger partial charge in [-0.1, -0.05) is 18.2 Å². The van der Waals surface area contributed by atoms with Gasteiger partial charge in [0.2, 0.25) is 0 Å². The molecule has 1 aliphatic heterocycles. The van der Waals surface area contributed by atoms with Crippen LogP contribution >= 0.6 is 0 Å². The second-order valence-corrected chi connectivity index (χ2v) is 7.34. The van der Waals surface area contributed by atoms with E-state index in [-0.39, 0.29) is 11.8 Å². The Morgan fingerprint density at radius 1 is 1.16 bits per heavy atom. The van der Waals surface area contributed by atoms with E-state index in [9.17, 15) is 14.0 Å². The number of nitrogens with one attached hydrogen (secondary N) is 2. The van der Waals surface area contributed by atoms with Crippen LogP contribution in [0.5, 0.6) is 0 Å². The first kappa shape index (κ1) is 22.3. The molecule has 31 heavy (non-hydrogen) atoms. The number of esters is 1. The maximum Gasteiger partial charge on any atom is 0.338 e. The van der Waals surface area contributed by atoms with Gasteiger partial charge in [-0.05, 0) is 68.2 Å². The van der Waals surface area contributed by atoms with Gasteiger partial charge in [-0.15, -0.1) is 0 Å². The summed E-state index contributed by atoms with van der Waals surface area (Å²) in [4.78, 5) is 26.2. The molecule has 0 radical (unpaired) electrons. The number of nitrogens with zero attached hydrogens (tertiary/aromatic N) is 1. The summed E-state index contributed by atoms with van der Waals surface area (Å²) in [5.74, 6) is -0.644. The molecule has 0 saturated carbocycles. The Labute approximate surface area is 182 Å². The third-order valence-corrected chi connectivity index (χ3v) is 5.26. The first-order chi connectivity index (χ1) is 15.0. The lowest BCUT2D eigenvalue weighted by Crippen LogP contribution is -2.31. The van der Waals surface area contributed by atoms with Crippen LogP contribution in [0.25, 0.3) is 5.57 Å². The number of carbonyl (C=O) groups excluding carboxylic acids is 2. The first-order valence-corrected chi connectivity index (χ1v) is 10.5. The van der Waals surface area contributed by atoms with Gasteiger partial charge in [-0.2, -0.15) is 0 Å². The van der Waals surface area contributed by atoms with Gasteiger partial charge in [-0.3, -0.25) is 0 Å². The Morgan fingerprint density at radius 3 is 2.68 bits per heavy atom. The number of carbonyl (C=O) groups is 2. The molecular weight excluding hydrogens is 397 g/mol. The first-order valence-electron chi connectivity index (χ1n) is 10.5. The molecule has 7 heteroatoms. The molecule has 0 aliphatic carbocycles. The third kappa shape index (κ3) is 6.07. The van der Waals surface area contributed by atoms with Crippen molar-refractivity contribution in [3.05, 3.63) is 71.2 Å². The molecule has 0 spiro atoms. The number of urea groups is 1. The Bertz CT molecular complexity index is 957. The Morgan fingerprint density at radius 2 is 1.94 bits per heavy atom. The second kappa shape index (κ2) is 10.6. The van der Waals surface area contributed by atoms with Gasteiger partial charge in [0.15, 0.2) is 0 Å². The minimum absolute atomic E-state index is 0.228. The Hall–Kier alpha value is -3.35. The Balaban J connectivity index is 1.44. The lowest BCUT2D eigenvalue weighted by atomic mass is 10.0. The molecule has 2 aromatic carbocycles. The number of ether oxygens (including phenoxy) is 1. The van der Waals surface area contributed by atoms with Crippen molar-refractivity contribution < 1.29 is 18.7 Å². The number of hydrogen-bond acceptors (Lipinski definition) is 4. The third-order valence-electron chi connectivity index (χ3n) is 5.26. The SMILES string of the molecule is CCOC(=O)c1cccc(NC(=O)NCCCN2CCC(c3ccc(F)cc3)=C2C)c1. The number of hydrogen-bond donors (Lipinski definition) is 2. The fourth-order valence-corrected chi connectivity index (χ4v) is 3.66. The average Bonchev–Trinajstić information content (AvgIpc) is 3.12. The highest BCUT2D eigenvalue weighted by molar-refractivity contribution is 5.93. The van der Waals surface area contributed by atoms with Crippen LogP contribution in [0.15, 0.2) is 54.2 Å². The molecule has 164 valence electrons. The van der Waals surface area contributed by atoms with Crippen LogP contribution in [0.4, 0.5) is 14.9 Å². The number of rotatable bonds is 8. The standard InChI is InChI=1S/C24H28FN3O3/c1-3-31-23(29)19-6-4-7-21(16-19)27-24(30)26-13-5-14-28-15-12-22(17(28)2)18-8-10-20(25)11-9-18/h4,6-11,16H,3,5,12-15H2,1-2H3,(H2,26,27,30). The van der Waals surface area contributed by atoms with E-state index >= 15 is 0 Å². The summed E-state index contributed by atoms with van der Waals surface area (Å²) in [7, 11) is 0. The summed E-state index contributed by atoms with van der Waals surface area (Å²) >= 11 is 0. The average molecular weight is 426 g/mol. The normalized spacial score (nSPS) is 13.3. The highest BCUT2D eigenvalue weighted by Gasteiger charge is 2.19. The summed E-state index contributed by atoms with van der Waals surface area (Å²) in [6.07, 6.45) is 1.73. The van der Waals surface area contributed by atoms with Crippen molar-refractivity contribution in [1.29, 1.82) is 0 Å². The smallest absolute Gasteiger partial charge is 0.338 e. The molecule has 2 amide bonds. The molecule has 0 fully saturated rings. The summed E-state index contributed by atoms with van der Waals surface area (Å²) in [6, 6.07) is 13.0. The predicted octanol–water partition coefficient (Wildman–Crippen LogP) is 4.65. The van der Waals surface area contributed by atoms with E-state index in [4.69, 9.17) is 4.74 Å². The zero-order valence-electron chi connectivity index (χ0n) is 17.9. The molecule has 0 saturated heterocycles. The van der Waals surface area contributed by atoms with Crippen molar-refractivity contribution in [2.45, 2.75) is 26.7 Å². The molecular formula is C24H28FN3O3. The van der Waals surface area contributed by atoms with Crippen molar-refractivity contribution in [2.75, 3.05) is 31.6 Å². The van der Waals surface area contributed by atoms with Gasteiger partial charge in [-0.25, -0.2) is 14.0 Å². The zero-order valence-corrected chi connectivity index (χ0v) is 17.9. The molecule has 0 aromatic heterocycles. The van der Waals surface area contributed by atoms with Crippen LogP contribution < -0.4 is 10.6 Å². The lowest BCUT2D eigenvalue weighted by molar-refractivity contribution is 0.0526. The second-order valence-electron chi connectivity index (χ2n) is 7.34. The van der Waals surface area contributed by atoms with E-state index < -0.39 is 5.97 Å². The highest BCUT2D eigenvalue weighted by Crippen LogP contribution is 2.30. The maximum absolute atomic E-state index is 13.2.